The summed E-state index contributed by atoms with van der Waals surface area (Å²) in [6, 6.07) is 14.2. The Morgan fingerprint density at radius 2 is 1.96 bits per heavy atom. The molecule has 1 heterocycles. The van der Waals surface area contributed by atoms with Gasteiger partial charge in [-0.1, -0.05) is 42.5 Å². The molecule has 3 N–H and O–H groups in total. The Morgan fingerprint density at radius 3 is 2.65 bits per heavy atom. The molecule has 0 aromatic heterocycles. The Morgan fingerprint density at radius 1 is 1.22 bits per heavy atom. The highest BCUT2D eigenvalue weighted by molar-refractivity contribution is 5.86. The largest absolute Gasteiger partial charge is 0.469 e. The van der Waals surface area contributed by atoms with Crippen LogP contribution in [0.25, 0.3) is 10.8 Å². The summed E-state index contributed by atoms with van der Waals surface area (Å²) in [5, 5.41) is 12.6. The Balaban J connectivity index is 2.08. The third-order valence-electron chi connectivity index (χ3n) is 4.70. The molecule has 122 valence electrons. The highest BCUT2D eigenvalue weighted by Crippen LogP contribution is 2.38. The van der Waals surface area contributed by atoms with Crippen LogP contribution < -0.4 is 10.9 Å². The number of hydrazine groups is 1. The van der Waals surface area contributed by atoms with E-state index in [1.54, 1.807) is 0 Å². The van der Waals surface area contributed by atoms with Crippen LogP contribution in [-0.4, -0.2) is 30.5 Å². The molecule has 3 rings (SSSR count). The van der Waals surface area contributed by atoms with Gasteiger partial charge in [-0.05, 0) is 23.3 Å². The van der Waals surface area contributed by atoms with Crippen molar-refractivity contribution < 1.29 is 14.6 Å². The highest BCUT2D eigenvalue weighted by Gasteiger charge is 2.40. The number of methoxy groups -OCH3 is 1. The van der Waals surface area contributed by atoms with Crippen molar-refractivity contribution in [2.45, 2.75) is 31.5 Å². The smallest absolute Gasteiger partial charge is 0.306 e. The molecule has 5 nitrogen and oxygen atoms in total. The first-order valence-corrected chi connectivity index (χ1v) is 7.85. The molecule has 2 aromatic carbocycles. The number of carbonyl (C=O) groups excluding carboxylic acids is 1. The molecule has 0 bridgehead atoms. The second-order valence-electron chi connectivity index (χ2n) is 6.05. The van der Waals surface area contributed by atoms with Crippen LogP contribution in [0.3, 0.4) is 0 Å². The van der Waals surface area contributed by atoms with Crippen molar-refractivity contribution in [2.75, 3.05) is 7.11 Å². The van der Waals surface area contributed by atoms with Gasteiger partial charge in [-0.15, -0.1) is 0 Å². The monoisotopic (exact) mass is 314 g/mol. The summed E-state index contributed by atoms with van der Waals surface area (Å²) >= 11 is 0. The second kappa shape index (κ2) is 6.66. The van der Waals surface area contributed by atoms with Gasteiger partial charge in [-0.3, -0.25) is 10.2 Å². The average molecular weight is 314 g/mol. The summed E-state index contributed by atoms with van der Waals surface area (Å²) in [5.74, 6) is -0.532. The van der Waals surface area contributed by atoms with Crippen molar-refractivity contribution >= 4 is 16.7 Å². The van der Waals surface area contributed by atoms with Crippen LogP contribution in [0.2, 0.25) is 0 Å². The van der Waals surface area contributed by atoms with Crippen molar-refractivity contribution in [1.82, 2.24) is 10.9 Å². The number of hydrogen-bond donors (Lipinski definition) is 3. The SMILES string of the molecule is COC(=O)CC(c1cccc2ccccc12)C1C(C)NNC1O. The fraction of sp³-hybridized carbons (Fsp3) is 0.389. The molecule has 1 aliphatic heterocycles. The van der Waals surface area contributed by atoms with E-state index in [-0.39, 0.29) is 30.3 Å². The Bertz CT molecular complexity index is 688. The van der Waals surface area contributed by atoms with Gasteiger partial charge < -0.3 is 9.84 Å². The van der Waals surface area contributed by atoms with Crippen LogP contribution in [-0.2, 0) is 9.53 Å². The van der Waals surface area contributed by atoms with E-state index in [1.165, 1.54) is 7.11 Å². The molecular weight excluding hydrogens is 292 g/mol. The third kappa shape index (κ3) is 3.08. The Hall–Kier alpha value is -1.95. The number of hydrogen-bond acceptors (Lipinski definition) is 5. The highest BCUT2D eigenvalue weighted by atomic mass is 16.5. The van der Waals surface area contributed by atoms with E-state index in [0.29, 0.717) is 0 Å². The van der Waals surface area contributed by atoms with Crippen LogP contribution in [0.5, 0.6) is 0 Å². The first-order valence-electron chi connectivity index (χ1n) is 7.85. The van der Waals surface area contributed by atoms with Gasteiger partial charge in [0.15, 0.2) is 0 Å². The van der Waals surface area contributed by atoms with Crippen LogP contribution in [0.4, 0.5) is 0 Å². The fourth-order valence-corrected chi connectivity index (χ4v) is 3.54. The third-order valence-corrected chi connectivity index (χ3v) is 4.70. The minimum Gasteiger partial charge on any atom is -0.469 e. The zero-order valence-corrected chi connectivity index (χ0v) is 13.3. The Kier molecular flexibility index (Phi) is 4.61. The van der Waals surface area contributed by atoms with Crippen molar-refractivity contribution in [3.8, 4) is 0 Å². The molecule has 4 unspecified atom stereocenters. The molecule has 0 aliphatic carbocycles. The summed E-state index contributed by atoms with van der Waals surface area (Å²) in [6.45, 7) is 2.00. The number of carbonyl (C=O) groups is 1. The van der Waals surface area contributed by atoms with E-state index in [1.807, 2.05) is 31.2 Å². The van der Waals surface area contributed by atoms with E-state index < -0.39 is 6.23 Å². The average Bonchev–Trinajstić information content (AvgIpc) is 2.91. The molecule has 4 atom stereocenters. The van der Waals surface area contributed by atoms with Gasteiger partial charge in [-0.25, -0.2) is 5.43 Å². The van der Waals surface area contributed by atoms with Crippen LogP contribution in [0, 0.1) is 5.92 Å². The Labute approximate surface area is 135 Å². The molecule has 5 heteroatoms. The van der Waals surface area contributed by atoms with E-state index in [9.17, 15) is 9.90 Å². The van der Waals surface area contributed by atoms with Gasteiger partial charge in [-0.2, -0.15) is 0 Å². The van der Waals surface area contributed by atoms with Gasteiger partial charge in [0.1, 0.15) is 6.23 Å². The summed E-state index contributed by atoms with van der Waals surface area (Å²) in [7, 11) is 1.40. The number of aliphatic hydroxyl groups excluding tert-OH is 1. The number of aliphatic hydroxyl groups is 1. The van der Waals surface area contributed by atoms with E-state index in [4.69, 9.17) is 4.74 Å². The lowest BCUT2D eigenvalue weighted by Gasteiger charge is -2.28. The normalized spacial score (nSPS) is 25.4. The molecule has 2 aromatic rings. The summed E-state index contributed by atoms with van der Waals surface area (Å²) < 4.78 is 4.88. The molecule has 23 heavy (non-hydrogen) atoms. The minimum atomic E-state index is -0.710. The number of esters is 1. The standard InChI is InChI=1S/C18H22N2O3/c1-11-17(18(22)20-19-11)15(10-16(21)23-2)14-9-5-7-12-6-3-4-8-13(12)14/h3-9,11,15,17-20,22H,10H2,1-2H3. The first-order chi connectivity index (χ1) is 11.1. The molecule has 1 aliphatic rings. The van der Waals surface area contributed by atoms with Crippen LogP contribution in [0.1, 0.15) is 24.8 Å². The van der Waals surface area contributed by atoms with Crippen LogP contribution in [0.15, 0.2) is 42.5 Å². The number of fused-ring (bicyclic) bond motifs is 1. The lowest BCUT2D eigenvalue weighted by molar-refractivity contribution is -0.141. The zero-order chi connectivity index (χ0) is 16.4. The number of benzene rings is 2. The van der Waals surface area contributed by atoms with Gasteiger partial charge in [0.2, 0.25) is 0 Å². The van der Waals surface area contributed by atoms with Gasteiger partial charge >= 0.3 is 5.97 Å². The maximum atomic E-state index is 12.0. The molecule has 0 spiro atoms. The number of rotatable bonds is 4. The quantitative estimate of drug-likeness (QED) is 0.752. The predicted molar refractivity (Wildman–Crippen MR) is 88.6 cm³/mol. The second-order valence-corrected chi connectivity index (χ2v) is 6.05. The van der Waals surface area contributed by atoms with E-state index in [2.05, 4.69) is 29.1 Å². The zero-order valence-electron chi connectivity index (χ0n) is 13.3. The van der Waals surface area contributed by atoms with Gasteiger partial charge in [0.25, 0.3) is 0 Å². The first kappa shape index (κ1) is 15.9. The molecule has 0 saturated carbocycles. The molecule has 0 amide bonds. The lowest BCUT2D eigenvalue weighted by Crippen LogP contribution is -2.33. The topological polar surface area (TPSA) is 70.6 Å². The van der Waals surface area contributed by atoms with Crippen molar-refractivity contribution in [3.05, 3.63) is 48.0 Å². The molecule has 1 fully saturated rings. The lowest BCUT2D eigenvalue weighted by atomic mass is 9.78. The molecular formula is C18H22N2O3. The molecule has 1 saturated heterocycles. The van der Waals surface area contributed by atoms with Crippen LogP contribution >= 0.6 is 0 Å². The van der Waals surface area contributed by atoms with Crippen molar-refractivity contribution in [3.63, 3.8) is 0 Å². The predicted octanol–water partition coefficient (Wildman–Crippen LogP) is 1.92. The fourth-order valence-electron chi connectivity index (χ4n) is 3.54. The number of nitrogens with one attached hydrogen (secondary N) is 2. The molecule has 0 radical (unpaired) electrons. The summed E-state index contributed by atoms with van der Waals surface area (Å²) in [4.78, 5) is 12.0. The van der Waals surface area contributed by atoms with Gasteiger partial charge in [0, 0.05) is 17.9 Å². The summed E-state index contributed by atoms with van der Waals surface area (Å²) in [6.07, 6.45) is -0.474. The minimum absolute atomic E-state index is 0.0404. The maximum Gasteiger partial charge on any atom is 0.306 e. The van der Waals surface area contributed by atoms with Gasteiger partial charge in [0.05, 0.1) is 13.5 Å². The van der Waals surface area contributed by atoms with E-state index >= 15 is 0 Å². The van der Waals surface area contributed by atoms with E-state index in [0.717, 1.165) is 16.3 Å². The number of ether oxygens (including phenoxy) is 1. The summed E-state index contributed by atoms with van der Waals surface area (Å²) in [5.41, 5.74) is 6.98. The van der Waals surface area contributed by atoms with Crippen molar-refractivity contribution in [2.24, 2.45) is 5.92 Å². The maximum absolute atomic E-state index is 12.0. The van der Waals surface area contributed by atoms with Crippen molar-refractivity contribution in [1.29, 1.82) is 0 Å².